The molecule has 33 heavy (non-hydrogen) atoms. The van der Waals surface area contributed by atoms with Gasteiger partial charge in [0, 0.05) is 50.6 Å². The van der Waals surface area contributed by atoms with Crippen LogP contribution in [0.3, 0.4) is 0 Å². The van der Waals surface area contributed by atoms with E-state index in [2.05, 4.69) is 25.6 Å². The maximum absolute atomic E-state index is 13.1. The summed E-state index contributed by atoms with van der Waals surface area (Å²) < 4.78 is 7.01. The molecule has 0 radical (unpaired) electrons. The highest BCUT2D eigenvalue weighted by molar-refractivity contribution is 6.30. The number of hydrogen-bond donors (Lipinski definition) is 2. The van der Waals surface area contributed by atoms with E-state index in [0.29, 0.717) is 24.0 Å². The average Bonchev–Trinajstić information content (AvgIpc) is 3.34. The topological polar surface area (TPSA) is 84.3 Å². The van der Waals surface area contributed by atoms with E-state index < -0.39 is 0 Å². The van der Waals surface area contributed by atoms with Crippen LogP contribution in [0.5, 0.6) is 0 Å². The number of aromatic nitrogens is 3. The second-order valence-corrected chi connectivity index (χ2v) is 8.74. The number of pyridine rings is 1. The summed E-state index contributed by atoms with van der Waals surface area (Å²) in [5.41, 5.74) is 3.69. The lowest BCUT2D eigenvalue weighted by Crippen LogP contribution is -2.42. The first kappa shape index (κ1) is 23.2. The van der Waals surface area contributed by atoms with E-state index in [0.717, 1.165) is 35.6 Å². The Bertz CT molecular complexity index is 1100. The molecule has 0 spiro atoms. The molecule has 1 fully saturated rings. The fraction of sp³-hybridized carbons (Fsp3) is 0.375. The molecule has 2 amide bonds. The molecule has 2 atom stereocenters. The van der Waals surface area contributed by atoms with E-state index in [9.17, 15) is 4.79 Å². The second-order valence-electron chi connectivity index (χ2n) is 8.31. The minimum atomic E-state index is -0.270. The Kier molecular flexibility index (Phi) is 7.27. The quantitative estimate of drug-likeness (QED) is 0.551. The number of nitrogens with one attached hydrogen (secondary N) is 2. The molecule has 3 aromatic rings. The van der Waals surface area contributed by atoms with Crippen LogP contribution >= 0.6 is 11.6 Å². The van der Waals surface area contributed by atoms with E-state index in [1.165, 1.54) is 0 Å². The van der Waals surface area contributed by atoms with Crippen molar-refractivity contribution in [1.29, 1.82) is 0 Å². The van der Waals surface area contributed by atoms with Gasteiger partial charge in [-0.2, -0.15) is 5.10 Å². The zero-order valence-electron chi connectivity index (χ0n) is 19.1. The summed E-state index contributed by atoms with van der Waals surface area (Å²) in [7, 11) is 1.69. The van der Waals surface area contributed by atoms with Crippen molar-refractivity contribution >= 4 is 23.4 Å². The number of aryl methyl sites for hydroxylation is 1. The molecule has 1 aliphatic heterocycles. The van der Waals surface area contributed by atoms with Gasteiger partial charge in [-0.1, -0.05) is 29.8 Å². The van der Waals surface area contributed by atoms with Gasteiger partial charge in [0.05, 0.1) is 29.1 Å². The summed E-state index contributed by atoms with van der Waals surface area (Å²) in [5, 5.41) is 11.4. The summed E-state index contributed by atoms with van der Waals surface area (Å²) >= 11 is 6.19. The highest BCUT2D eigenvalue weighted by Crippen LogP contribution is 2.29. The number of urea groups is 1. The van der Waals surface area contributed by atoms with Crippen molar-refractivity contribution in [3.8, 4) is 5.69 Å². The van der Waals surface area contributed by atoms with Crippen LogP contribution in [0.4, 0.5) is 10.6 Å². The van der Waals surface area contributed by atoms with Crippen LogP contribution in [-0.4, -0.2) is 65.1 Å². The summed E-state index contributed by atoms with van der Waals surface area (Å²) in [6.07, 6.45) is 3.44. The molecule has 2 N–H and O–H groups in total. The van der Waals surface area contributed by atoms with Crippen molar-refractivity contribution < 1.29 is 9.53 Å². The van der Waals surface area contributed by atoms with Crippen LogP contribution in [0.15, 0.2) is 48.8 Å². The van der Waals surface area contributed by atoms with Gasteiger partial charge in [-0.3, -0.25) is 15.2 Å². The molecule has 8 nitrogen and oxygen atoms in total. The predicted molar refractivity (Wildman–Crippen MR) is 129 cm³/mol. The van der Waals surface area contributed by atoms with Gasteiger partial charge in [0.25, 0.3) is 0 Å². The first-order valence-corrected chi connectivity index (χ1v) is 11.3. The van der Waals surface area contributed by atoms with Crippen molar-refractivity contribution in [1.82, 2.24) is 25.0 Å². The molecule has 0 saturated carbocycles. The third-order valence-corrected chi connectivity index (χ3v) is 6.28. The van der Waals surface area contributed by atoms with Crippen molar-refractivity contribution in [3.05, 3.63) is 70.6 Å². The lowest BCUT2D eigenvalue weighted by Gasteiger charge is -2.21. The largest absolute Gasteiger partial charge is 0.383 e. The highest BCUT2D eigenvalue weighted by Gasteiger charge is 2.35. The van der Waals surface area contributed by atoms with Crippen LogP contribution in [0, 0.1) is 13.8 Å². The molecule has 4 rings (SSSR count). The number of halogens is 1. The Morgan fingerprint density at radius 3 is 2.73 bits per heavy atom. The molecule has 174 valence electrons. The van der Waals surface area contributed by atoms with Gasteiger partial charge >= 0.3 is 6.03 Å². The zero-order chi connectivity index (χ0) is 23.4. The molecule has 1 saturated heterocycles. The third-order valence-electron chi connectivity index (χ3n) is 6.07. The van der Waals surface area contributed by atoms with Crippen LogP contribution < -0.4 is 10.6 Å². The van der Waals surface area contributed by atoms with Crippen LogP contribution in [0.2, 0.25) is 5.02 Å². The normalized spacial score (nSPS) is 18.4. The van der Waals surface area contributed by atoms with Crippen molar-refractivity contribution in [3.63, 3.8) is 0 Å². The predicted octanol–water partition coefficient (Wildman–Crippen LogP) is 3.77. The van der Waals surface area contributed by atoms with Gasteiger partial charge in [-0.25, -0.2) is 9.48 Å². The number of likely N-dealkylation sites (tertiary alicyclic amines) is 1. The molecule has 0 bridgehead atoms. The lowest BCUT2D eigenvalue weighted by molar-refractivity contribution is 0.159. The summed E-state index contributed by atoms with van der Waals surface area (Å²) in [6.45, 7) is 6.82. The van der Waals surface area contributed by atoms with Gasteiger partial charge in [-0.05, 0) is 37.6 Å². The Hall–Kier alpha value is -2.94. The number of nitrogens with zero attached hydrogens (tertiary/aromatic N) is 4. The smallest absolute Gasteiger partial charge is 0.320 e. The molecule has 0 aliphatic carbocycles. The minimum Gasteiger partial charge on any atom is -0.383 e. The van der Waals surface area contributed by atoms with Crippen molar-refractivity contribution in [2.24, 2.45) is 0 Å². The minimum absolute atomic E-state index is 0.0701. The lowest BCUT2D eigenvalue weighted by atomic mass is 9.96. The van der Waals surface area contributed by atoms with Gasteiger partial charge in [0.15, 0.2) is 0 Å². The monoisotopic (exact) mass is 468 g/mol. The summed E-state index contributed by atoms with van der Waals surface area (Å²) in [4.78, 5) is 19.7. The Morgan fingerprint density at radius 1 is 1.21 bits per heavy atom. The van der Waals surface area contributed by atoms with Gasteiger partial charge in [0.2, 0.25) is 0 Å². The molecule has 3 heterocycles. The number of hydrogen-bond acceptors (Lipinski definition) is 5. The number of carbonyl (C=O) groups is 1. The van der Waals surface area contributed by atoms with Gasteiger partial charge in [0.1, 0.15) is 5.82 Å². The number of para-hydroxylation sites is 1. The average molecular weight is 469 g/mol. The Labute approximate surface area is 198 Å². The molecule has 1 aliphatic rings. The van der Waals surface area contributed by atoms with Gasteiger partial charge in [-0.15, -0.1) is 0 Å². The fourth-order valence-electron chi connectivity index (χ4n) is 4.22. The zero-order valence-corrected chi connectivity index (χ0v) is 19.8. The molecular weight excluding hydrogens is 440 g/mol. The fourth-order valence-corrected chi connectivity index (χ4v) is 4.41. The molecular formula is C24H29ClN6O2. The van der Waals surface area contributed by atoms with Gasteiger partial charge < -0.3 is 10.1 Å². The molecule has 9 heteroatoms. The number of rotatable bonds is 7. The van der Waals surface area contributed by atoms with Crippen LogP contribution in [0.25, 0.3) is 5.69 Å². The van der Waals surface area contributed by atoms with E-state index in [-0.39, 0.29) is 18.0 Å². The van der Waals surface area contributed by atoms with E-state index >= 15 is 0 Å². The first-order valence-electron chi connectivity index (χ1n) is 11.0. The number of methoxy groups -OCH3 is 1. The van der Waals surface area contributed by atoms with E-state index in [4.69, 9.17) is 16.3 Å². The summed E-state index contributed by atoms with van der Waals surface area (Å²) in [5.74, 6) is 0.729. The highest BCUT2D eigenvalue weighted by atomic mass is 35.5. The van der Waals surface area contributed by atoms with Crippen LogP contribution in [0.1, 0.15) is 22.7 Å². The SMILES string of the molecule is COCCN1CC(c2cncc(Cl)c2)[C@H](NC(=O)Nc2c(C)c(C)nn2-c2ccccc2)C1. The van der Waals surface area contributed by atoms with E-state index in [1.807, 2.05) is 56.4 Å². The first-order chi connectivity index (χ1) is 16.0. The number of amides is 2. The summed E-state index contributed by atoms with van der Waals surface area (Å²) in [6, 6.07) is 11.3. The van der Waals surface area contributed by atoms with Crippen molar-refractivity contribution in [2.45, 2.75) is 25.8 Å². The second kappa shape index (κ2) is 10.3. The number of carbonyl (C=O) groups excluding carboxylic acids is 1. The number of ether oxygens (including phenoxy) is 1. The maximum atomic E-state index is 13.1. The van der Waals surface area contributed by atoms with E-state index in [1.54, 1.807) is 18.0 Å². The Morgan fingerprint density at radius 2 is 2.00 bits per heavy atom. The number of anilines is 1. The van der Waals surface area contributed by atoms with Crippen LogP contribution in [-0.2, 0) is 4.74 Å². The third kappa shape index (κ3) is 5.35. The molecule has 2 aromatic heterocycles. The molecule has 1 unspecified atom stereocenters. The number of benzene rings is 1. The van der Waals surface area contributed by atoms with Crippen molar-refractivity contribution in [2.75, 3.05) is 38.7 Å². The Balaban J connectivity index is 1.53. The maximum Gasteiger partial charge on any atom is 0.320 e. The standard InChI is InChI=1S/C24H29ClN6O2/c1-16-17(2)29-31(20-7-5-4-6-8-20)23(16)28-24(32)27-22-15-30(9-10-33-3)14-21(22)18-11-19(25)13-26-12-18/h4-8,11-13,21-22H,9-10,14-15H2,1-3H3,(H2,27,28,32)/t21?,22-/m1/s1. The molecule has 1 aromatic carbocycles.